The lowest BCUT2D eigenvalue weighted by molar-refractivity contribution is -0.163. The zero-order chi connectivity index (χ0) is 33.7. The van der Waals surface area contributed by atoms with Crippen LogP contribution in [0.3, 0.4) is 0 Å². The summed E-state index contributed by atoms with van der Waals surface area (Å²) in [5, 5.41) is 20.1. The van der Waals surface area contributed by atoms with Gasteiger partial charge in [0.1, 0.15) is 22.9 Å². The number of anilines is 2. The number of carboxylic acids is 1. The van der Waals surface area contributed by atoms with Gasteiger partial charge in [-0.2, -0.15) is 0 Å². The van der Waals surface area contributed by atoms with Gasteiger partial charge in [0.25, 0.3) is 5.91 Å². The van der Waals surface area contributed by atoms with Crippen LogP contribution >= 0.6 is 0 Å². The Kier molecular flexibility index (Phi) is 7.93. The van der Waals surface area contributed by atoms with E-state index in [1.807, 2.05) is 6.92 Å². The van der Waals surface area contributed by atoms with E-state index in [4.69, 9.17) is 18.9 Å². The van der Waals surface area contributed by atoms with Gasteiger partial charge in [-0.15, -0.1) is 0 Å². The van der Waals surface area contributed by atoms with E-state index in [1.54, 1.807) is 36.4 Å². The highest BCUT2D eigenvalue weighted by molar-refractivity contribution is 6.07. The van der Waals surface area contributed by atoms with E-state index in [-0.39, 0.29) is 34.6 Å². The zero-order valence-corrected chi connectivity index (χ0v) is 25.8. The first-order valence-electron chi connectivity index (χ1n) is 14.7. The quantitative estimate of drug-likeness (QED) is 0.207. The van der Waals surface area contributed by atoms with Crippen LogP contribution in [0.25, 0.3) is 5.57 Å². The third kappa shape index (κ3) is 5.54. The first kappa shape index (κ1) is 31.3. The number of fused-ring (bicyclic) bond motifs is 3. The summed E-state index contributed by atoms with van der Waals surface area (Å²) < 4.78 is 22.2. The number of aliphatic hydroxyl groups is 1. The minimum Gasteiger partial charge on any atom is -0.484 e. The number of benzene rings is 3. The number of aliphatic carboxylic acids is 1. The molecule has 0 unspecified atom stereocenters. The smallest absolute Gasteiger partial charge is 0.352 e. The van der Waals surface area contributed by atoms with Gasteiger partial charge in [-0.3, -0.25) is 24.1 Å². The molecule has 2 amide bonds. The van der Waals surface area contributed by atoms with Crippen LogP contribution in [0.4, 0.5) is 11.4 Å². The molecule has 1 saturated heterocycles. The number of ether oxygens (including phenoxy) is 4. The van der Waals surface area contributed by atoms with Crippen LogP contribution < -0.4 is 23.8 Å². The molecule has 13 nitrogen and oxygen atoms in total. The molecule has 3 aromatic rings. The lowest BCUT2D eigenvalue weighted by atomic mass is 9.77. The first-order valence-corrected chi connectivity index (χ1v) is 14.7. The number of amides is 2. The highest BCUT2D eigenvalue weighted by atomic mass is 16.5. The molecule has 1 fully saturated rings. The van der Waals surface area contributed by atoms with E-state index in [1.165, 1.54) is 54.8 Å². The van der Waals surface area contributed by atoms with E-state index in [9.17, 15) is 34.2 Å². The van der Waals surface area contributed by atoms with Crippen LogP contribution in [0, 0.1) is 11.8 Å². The van der Waals surface area contributed by atoms with Crippen LogP contribution in [-0.4, -0.2) is 63.6 Å². The predicted molar refractivity (Wildman–Crippen MR) is 164 cm³/mol. The van der Waals surface area contributed by atoms with E-state index < -0.39 is 54.4 Å². The van der Waals surface area contributed by atoms with Crippen molar-refractivity contribution in [2.24, 2.45) is 11.8 Å². The number of carbonyl (C=O) groups is 5. The molecule has 0 spiro atoms. The molecule has 3 aliphatic rings. The van der Waals surface area contributed by atoms with Gasteiger partial charge in [0.05, 0.1) is 29.4 Å². The third-order valence-corrected chi connectivity index (χ3v) is 8.24. The van der Waals surface area contributed by atoms with Crippen molar-refractivity contribution >= 4 is 46.7 Å². The van der Waals surface area contributed by atoms with Crippen molar-refractivity contribution in [1.82, 2.24) is 4.90 Å². The molecule has 242 valence electrons. The van der Waals surface area contributed by atoms with Gasteiger partial charge in [0.2, 0.25) is 5.91 Å². The number of hydrogen-bond donors (Lipinski definition) is 2. The van der Waals surface area contributed by atoms with Crippen LogP contribution in [0.2, 0.25) is 0 Å². The number of β-lactam (4-membered cyclic amide) rings is 1. The van der Waals surface area contributed by atoms with Crippen LogP contribution in [0.5, 0.6) is 28.7 Å². The van der Waals surface area contributed by atoms with Crippen molar-refractivity contribution in [1.29, 1.82) is 0 Å². The molecule has 0 saturated carbocycles. The Morgan fingerprint density at radius 1 is 0.872 bits per heavy atom. The van der Waals surface area contributed by atoms with Gasteiger partial charge in [-0.05, 0) is 54.5 Å². The Balaban J connectivity index is 1.24. The maximum Gasteiger partial charge on any atom is 0.352 e. The summed E-state index contributed by atoms with van der Waals surface area (Å²) in [7, 11) is 0. The van der Waals surface area contributed by atoms with Crippen molar-refractivity contribution in [3.8, 4) is 28.7 Å². The van der Waals surface area contributed by atoms with Crippen LogP contribution in [0.1, 0.15) is 33.3 Å². The van der Waals surface area contributed by atoms with E-state index in [0.717, 1.165) is 0 Å². The lowest BCUT2D eigenvalue weighted by Gasteiger charge is -2.46. The summed E-state index contributed by atoms with van der Waals surface area (Å²) in [6.07, 6.45) is -0.911. The molecule has 4 atom stereocenters. The second kappa shape index (κ2) is 11.9. The number of aliphatic hydroxyl groups excluding tert-OH is 1. The van der Waals surface area contributed by atoms with Crippen LogP contribution in [-0.2, 0) is 24.0 Å². The number of rotatable bonds is 8. The molecular weight excluding hydrogens is 612 g/mol. The Morgan fingerprint density at radius 2 is 1.40 bits per heavy atom. The van der Waals surface area contributed by atoms with E-state index >= 15 is 0 Å². The van der Waals surface area contributed by atoms with Gasteiger partial charge in [0, 0.05) is 31.9 Å². The minimum atomic E-state index is -1.23. The summed E-state index contributed by atoms with van der Waals surface area (Å²) >= 11 is 0. The number of carboxylic acid groups (broad SMARTS) is 1. The first-order chi connectivity index (χ1) is 22.3. The minimum absolute atomic E-state index is 0.105. The summed E-state index contributed by atoms with van der Waals surface area (Å²) in [6.45, 7) is 5.46. The Morgan fingerprint density at radius 3 is 1.89 bits per heavy atom. The van der Waals surface area contributed by atoms with Crippen molar-refractivity contribution < 1.29 is 53.1 Å². The van der Waals surface area contributed by atoms with Gasteiger partial charge < -0.3 is 34.1 Å². The largest absolute Gasteiger partial charge is 0.484 e. The average molecular weight is 643 g/mol. The molecule has 3 aromatic carbocycles. The third-order valence-electron chi connectivity index (χ3n) is 8.24. The van der Waals surface area contributed by atoms with Gasteiger partial charge >= 0.3 is 17.9 Å². The van der Waals surface area contributed by atoms with Crippen molar-refractivity contribution in [3.05, 3.63) is 71.9 Å². The topological polar surface area (TPSA) is 169 Å². The molecule has 0 aliphatic carbocycles. The molecule has 0 bridgehead atoms. The molecule has 2 N–H and O–H groups in total. The van der Waals surface area contributed by atoms with Crippen molar-refractivity contribution in [2.75, 3.05) is 11.5 Å². The Labute approximate surface area is 268 Å². The van der Waals surface area contributed by atoms with E-state index in [0.29, 0.717) is 28.3 Å². The summed E-state index contributed by atoms with van der Waals surface area (Å²) in [4.78, 5) is 64.3. The normalized spacial score (nSPS) is 19.9. The number of nitrogens with zero attached hydrogens (tertiary/aromatic N) is 2. The van der Waals surface area contributed by atoms with Gasteiger partial charge in [-0.1, -0.05) is 19.1 Å². The fourth-order valence-corrected chi connectivity index (χ4v) is 6.39. The van der Waals surface area contributed by atoms with Gasteiger partial charge in [-0.25, -0.2) is 4.79 Å². The summed E-state index contributed by atoms with van der Waals surface area (Å²) in [5.41, 5.74) is 1.66. The van der Waals surface area contributed by atoms with Crippen LogP contribution in [0.15, 0.2) is 66.4 Å². The fraction of sp³-hybridized carbons (Fsp3) is 0.265. The molecular formula is C34H30N2O11. The maximum atomic E-state index is 13.7. The molecule has 47 heavy (non-hydrogen) atoms. The fourth-order valence-electron chi connectivity index (χ4n) is 6.39. The second-order valence-corrected chi connectivity index (χ2v) is 11.4. The molecule has 6 rings (SSSR count). The molecule has 3 heterocycles. The number of esters is 2. The highest BCUT2D eigenvalue weighted by Crippen LogP contribution is 2.51. The lowest BCUT2D eigenvalue weighted by Crippen LogP contribution is -2.63. The van der Waals surface area contributed by atoms with Gasteiger partial charge in [0.15, 0.2) is 18.1 Å². The Hall–Kier alpha value is -5.69. The van der Waals surface area contributed by atoms with Crippen molar-refractivity contribution in [3.63, 3.8) is 0 Å². The molecule has 3 aliphatic heterocycles. The highest BCUT2D eigenvalue weighted by Gasteiger charge is 2.60. The standard InChI is InChI=1S/C34H30N2O11/c1-16-29(32(34(42)43)36-31(16)30(17(2)37)33(36)41)20-5-7-21(8-6-20)44-15-28(40)35-24-11-9-22(45-18(3)38)13-26(24)47-27-14-23(46-19(4)39)10-12-25(27)35/h5-14,16-17,30-31,37H,15H2,1-4H3,(H,42,43)/t16-,17+,30+,31+/m0/s1. The van der Waals surface area contributed by atoms with E-state index in [2.05, 4.69) is 0 Å². The van der Waals surface area contributed by atoms with Crippen molar-refractivity contribution in [2.45, 2.75) is 39.8 Å². The monoisotopic (exact) mass is 642 g/mol. The second-order valence-electron chi connectivity index (χ2n) is 11.4. The number of hydrogen-bond acceptors (Lipinski definition) is 10. The SMILES string of the molecule is CC(=O)Oc1ccc2c(c1)Oc1cc(OC(C)=O)ccc1N2C(=O)COc1ccc(C2=C(C(=O)O)N3C(=O)[C@H]([C@@H](C)O)[C@H]3[C@H]2C)cc1. The predicted octanol–water partition coefficient (Wildman–Crippen LogP) is 4.04. The molecule has 13 heteroatoms. The summed E-state index contributed by atoms with van der Waals surface area (Å²) in [5.74, 6) is -3.06. The summed E-state index contributed by atoms with van der Waals surface area (Å²) in [6, 6.07) is 15.2. The molecule has 0 radical (unpaired) electrons. The number of carbonyl (C=O) groups excluding carboxylic acids is 4. The Bertz CT molecular complexity index is 1800. The molecule has 0 aromatic heterocycles. The zero-order valence-electron chi connectivity index (χ0n) is 25.8. The maximum absolute atomic E-state index is 13.7. The average Bonchev–Trinajstić information content (AvgIpc) is 3.26.